The van der Waals surface area contributed by atoms with Gasteiger partial charge < -0.3 is 20.1 Å². The van der Waals surface area contributed by atoms with Gasteiger partial charge in [-0.25, -0.2) is 4.39 Å². The lowest BCUT2D eigenvalue weighted by molar-refractivity contribution is -0.116. The molecule has 2 N–H and O–H groups in total. The molecule has 0 radical (unpaired) electrons. The Morgan fingerprint density at radius 3 is 2.85 bits per heavy atom. The van der Waals surface area contributed by atoms with Gasteiger partial charge in [0, 0.05) is 19.6 Å². The molecule has 0 aliphatic carbocycles. The molecule has 1 rings (SSSR count). The van der Waals surface area contributed by atoms with Crippen molar-refractivity contribution in [1.29, 1.82) is 0 Å². The highest BCUT2D eigenvalue weighted by molar-refractivity contribution is 5.92. The third-order valence-electron chi connectivity index (χ3n) is 2.59. The summed E-state index contributed by atoms with van der Waals surface area (Å²) in [6, 6.07) is 4.03. The number of amides is 1. The summed E-state index contributed by atoms with van der Waals surface area (Å²) in [6.45, 7) is 1.52. The third kappa shape index (κ3) is 5.99. The summed E-state index contributed by atoms with van der Waals surface area (Å²) in [6.07, 6.45) is 1.09. The first kappa shape index (κ1) is 16.4. The lowest BCUT2D eigenvalue weighted by Gasteiger charge is -2.12. The predicted octanol–water partition coefficient (Wildman–Crippen LogP) is 1.79. The van der Waals surface area contributed by atoms with Crippen LogP contribution in [0.25, 0.3) is 0 Å². The molecule has 0 heterocycles. The van der Waals surface area contributed by atoms with Gasteiger partial charge in [0.1, 0.15) is 18.2 Å². The van der Waals surface area contributed by atoms with E-state index < -0.39 is 5.82 Å². The second kappa shape index (κ2) is 9.28. The molecular formula is C14H21FN2O3. The zero-order valence-corrected chi connectivity index (χ0v) is 11.9. The molecule has 1 amide bonds. The van der Waals surface area contributed by atoms with Crippen molar-refractivity contribution in [2.75, 3.05) is 39.2 Å². The second-order valence-electron chi connectivity index (χ2n) is 4.24. The van der Waals surface area contributed by atoms with Crippen LogP contribution in [-0.4, -0.2) is 39.8 Å². The van der Waals surface area contributed by atoms with Gasteiger partial charge in [0.15, 0.2) is 0 Å². The van der Waals surface area contributed by atoms with Crippen molar-refractivity contribution in [3.8, 4) is 5.75 Å². The summed E-state index contributed by atoms with van der Waals surface area (Å²) < 4.78 is 23.6. The van der Waals surface area contributed by atoms with Crippen molar-refractivity contribution in [1.82, 2.24) is 5.32 Å². The fraction of sp³-hybridized carbons (Fsp3) is 0.500. The molecule has 0 unspecified atom stereocenters. The fourth-order valence-electron chi connectivity index (χ4n) is 1.60. The Hall–Kier alpha value is -1.66. The fourth-order valence-corrected chi connectivity index (χ4v) is 1.60. The molecule has 20 heavy (non-hydrogen) atoms. The van der Waals surface area contributed by atoms with E-state index in [1.165, 1.54) is 18.2 Å². The van der Waals surface area contributed by atoms with Crippen molar-refractivity contribution < 1.29 is 18.7 Å². The van der Waals surface area contributed by atoms with Gasteiger partial charge in [0.25, 0.3) is 0 Å². The highest BCUT2D eigenvalue weighted by Gasteiger charge is 2.09. The number of halogens is 1. The van der Waals surface area contributed by atoms with Crippen LogP contribution in [0.5, 0.6) is 5.75 Å². The van der Waals surface area contributed by atoms with Crippen molar-refractivity contribution in [2.24, 2.45) is 0 Å². The number of benzene rings is 1. The largest absolute Gasteiger partial charge is 0.489 e. The summed E-state index contributed by atoms with van der Waals surface area (Å²) in [7, 11) is 3.39. The van der Waals surface area contributed by atoms with E-state index in [2.05, 4.69) is 10.6 Å². The average molecular weight is 284 g/mol. The Kier molecular flexibility index (Phi) is 7.60. The van der Waals surface area contributed by atoms with Gasteiger partial charge in [-0.1, -0.05) is 0 Å². The Balaban J connectivity index is 2.61. The number of anilines is 1. The molecule has 112 valence electrons. The highest BCUT2D eigenvalue weighted by Crippen LogP contribution is 2.25. The Morgan fingerprint density at radius 1 is 1.35 bits per heavy atom. The molecule has 0 aliphatic heterocycles. The van der Waals surface area contributed by atoms with E-state index in [9.17, 15) is 9.18 Å². The topological polar surface area (TPSA) is 59.6 Å². The van der Waals surface area contributed by atoms with Crippen LogP contribution in [0.15, 0.2) is 18.2 Å². The lowest BCUT2D eigenvalue weighted by atomic mass is 10.2. The zero-order chi connectivity index (χ0) is 14.8. The number of hydrogen-bond acceptors (Lipinski definition) is 4. The zero-order valence-electron chi connectivity index (χ0n) is 11.9. The molecule has 0 aromatic heterocycles. The first-order valence-electron chi connectivity index (χ1n) is 6.53. The van der Waals surface area contributed by atoms with E-state index in [-0.39, 0.29) is 5.91 Å². The predicted molar refractivity (Wildman–Crippen MR) is 75.6 cm³/mol. The van der Waals surface area contributed by atoms with Crippen molar-refractivity contribution in [3.63, 3.8) is 0 Å². The van der Waals surface area contributed by atoms with E-state index in [1.807, 2.05) is 7.05 Å². The van der Waals surface area contributed by atoms with Gasteiger partial charge in [-0.15, -0.1) is 0 Å². The second-order valence-corrected chi connectivity index (χ2v) is 4.24. The first-order valence-corrected chi connectivity index (χ1v) is 6.53. The highest BCUT2D eigenvalue weighted by atomic mass is 19.1. The molecular weight excluding hydrogens is 263 g/mol. The third-order valence-corrected chi connectivity index (χ3v) is 2.59. The van der Waals surface area contributed by atoms with E-state index in [1.54, 1.807) is 7.11 Å². The van der Waals surface area contributed by atoms with Gasteiger partial charge in [0.05, 0.1) is 12.3 Å². The van der Waals surface area contributed by atoms with Crippen molar-refractivity contribution in [3.05, 3.63) is 24.0 Å². The number of rotatable bonds is 9. The quantitative estimate of drug-likeness (QED) is 0.679. The monoisotopic (exact) mass is 284 g/mol. The van der Waals surface area contributed by atoms with Crippen LogP contribution in [0.2, 0.25) is 0 Å². The molecule has 0 aliphatic rings. The summed E-state index contributed by atoms with van der Waals surface area (Å²) in [5.74, 6) is -0.150. The van der Waals surface area contributed by atoms with Crippen LogP contribution in [0.3, 0.4) is 0 Å². The minimum Gasteiger partial charge on any atom is -0.489 e. The summed E-state index contributed by atoms with van der Waals surface area (Å²) in [5, 5.41) is 5.63. The van der Waals surface area contributed by atoms with Crippen molar-refractivity contribution >= 4 is 11.6 Å². The number of carbonyl (C=O) groups excluding carboxylic acids is 1. The smallest absolute Gasteiger partial charge is 0.224 e. The van der Waals surface area contributed by atoms with Crippen LogP contribution in [0.4, 0.5) is 10.1 Å². The molecule has 5 nitrogen and oxygen atoms in total. The number of nitrogens with one attached hydrogen (secondary N) is 2. The van der Waals surface area contributed by atoms with Gasteiger partial charge in [-0.05, 0) is 32.1 Å². The van der Waals surface area contributed by atoms with Crippen molar-refractivity contribution in [2.45, 2.75) is 12.8 Å². The van der Waals surface area contributed by atoms with Gasteiger partial charge in [-0.2, -0.15) is 0 Å². The van der Waals surface area contributed by atoms with E-state index in [0.29, 0.717) is 31.1 Å². The molecule has 0 saturated heterocycles. The lowest BCUT2D eigenvalue weighted by Crippen LogP contribution is -2.16. The maximum Gasteiger partial charge on any atom is 0.224 e. The molecule has 0 saturated carbocycles. The summed E-state index contributed by atoms with van der Waals surface area (Å²) >= 11 is 0. The molecule has 0 atom stereocenters. The Bertz CT molecular complexity index is 427. The first-order chi connectivity index (χ1) is 9.67. The number of methoxy groups -OCH3 is 1. The van der Waals surface area contributed by atoms with Gasteiger partial charge in [-0.3, -0.25) is 4.79 Å². The molecule has 6 heteroatoms. The maximum absolute atomic E-state index is 13.3. The molecule has 0 bridgehead atoms. The van der Waals surface area contributed by atoms with E-state index >= 15 is 0 Å². The molecule has 1 aromatic rings. The number of carbonyl (C=O) groups is 1. The minimum absolute atomic E-state index is 0.164. The van der Waals surface area contributed by atoms with Gasteiger partial charge >= 0.3 is 0 Å². The maximum atomic E-state index is 13.3. The summed E-state index contributed by atoms with van der Waals surface area (Å²) in [5.41, 5.74) is 0.343. The SMILES string of the molecule is CNCCCC(=O)Nc1cc(F)ccc1OCCOC. The van der Waals surface area contributed by atoms with E-state index in [4.69, 9.17) is 9.47 Å². The van der Waals surface area contributed by atoms with Crippen LogP contribution >= 0.6 is 0 Å². The Morgan fingerprint density at radius 2 is 2.15 bits per heavy atom. The number of hydrogen-bond donors (Lipinski definition) is 2. The van der Waals surface area contributed by atoms with Crippen LogP contribution < -0.4 is 15.4 Å². The molecule has 1 aromatic carbocycles. The molecule has 0 fully saturated rings. The number of ether oxygens (including phenoxy) is 2. The normalized spacial score (nSPS) is 10.3. The van der Waals surface area contributed by atoms with Crippen LogP contribution in [0, 0.1) is 5.82 Å². The average Bonchev–Trinajstić information content (AvgIpc) is 2.42. The summed E-state index contributed by atoms with van der Waals surface area (Å²) in [4.78, 5) is 11.7. The molecule has 0 spiro atoms. The standard InChI is InChI=1S/C14H21FN2O3/c1-16-7-3-4-14(18)17-12-10-11(15)5-6-13(12)20-9-8-19-2/h5-6,10,16H,3-4,7-9H2,1-2H3,(H,17,18). The van der Waals surface area contributed by atoms with Gasteiger partial charge in [0.2, 0.25) is 5.91 Å². The van der Waals surface area contributed by atoms with Crippen LogP contribution in [0.1, 0.15) is 12.8 Å². The minimum atomic E-state index is -0.422. The Labute approximate surface area is 118 Å². The van der Waals surface area contributed by atoms with Crippen LogP contribution in [-0.2, 0) is 9.53 Å². The van der Waals surface area contributed by atoms with E-state index in [0.717, 1.165) is 13.0 Å².